The summed E-state index contributed by atoms with van der Waals surface area (Å²) >= 11 is 0. The Morgan fingerprint density at radius 3 is 2.36 bits per heavy atom. The molecule has 0 spiro atoms. The van der Waals surface area contributed by atoms with Crippen LogP contribution < -0.4 is 0 Å². The Morgan fingerprint density at radius 1 is 1.05 bits per heavy atom. The Morgan fingerprint density at radius 2 is 1.73 bits per heavy atom. The minimum atomic E-state index is -0.110. The molecular formula is C19H22O3. The normalized spacial score (nSPS) is 19.1. The molecule has 0 bridgehead atoms. The van der Waals surface area contributed by atoms with Gasteiger partial charge in [0.15, 0.2) is 0 Å². The van der Waals surface area contributed by atoms with Gasteiger partial charge < -0.3 is 14.9 Å². The summed E-state index contributed by atoms with van der Waals surface area (Å²) in [5.74, 6) is 0.273. The minimum absolute atomic E-state index is 0.110. The van der Waals surface area contributed by atoms with Crippen LogP contribution in [0.25, 0.3) is 0 Å². The largest absolute Gasteiger partial charge is 0.508 e. The third kappa shape index (κ3) is 3.25. The van der Waals surface area contributed by atoms with Crippen molar-refractivity contribution in [3.63, 3.8) is 0 Å². The first-order chi connectivity index (χ1) is 10.5. The van der Waals surface area contributed by atoms with E-state index >= 15 is 0 Å². The number of ether oxygens (including phenoxy) is 1. The molecule has 3 nitrogen and oxygen atoms in total. The van der Waals surface area contributed by atoms with E-state index in [-0.39, 0.29) is 23.2 Å². The Bertz CT molecular complexity index is 662. The fraction of sp³-hybridized carbons (Fsp3) is 0.368. The van der Waals surface area contributed by atoms with E-state index in [9.17, 15) is 10.2 Å². The predicted octanol–water partition coefficient (Wildman–Crippen LogP) is 3.60. The highest BCUT2D eigenvalue weighted by Crippen LogP contribution is 2.40. The third-order valence-electron chi connectivity index (χ3n) is 4.38. The van der Waals surface area contributed by atoms with Crippen molar-refractivity contribution in [1.29, 1.82) is 0 Å². The van der Waals surface area contributed by atoms with E-state index < -0.39 is 0 Å². The first-order valence-corrected chi connectivity index (χ1v) is 7.71. The molecule has 0 unspecified atom stereocenters. The van der Waals surface area contributed by atoms with E-state index in [0.29, 0.717) is 6.42 Å². The SMILES string of the molecule is CC1(C)O[C@H]1Cc1c(O)cc(O)cc1CCc1ccccc1. The maximum absolute atomic E-state index is 10.2. The van der Waals surface area contributed by atoms with Gasteiger partial charge in [-0.15, -0.1) is 0 Å². The molecule has 0 radical (unpaired) electrons. The van der Waals surface area contributed by atoms with E-state index in [2.05, 4.69) is 26.0 Å². The number of phenols is 2. The van der Waals surface area contributed by atoms with Crippen LogP contribution >= 0.6 is 0 Å². The lowest BCUT2D eigenvalue weighted by molar-refractivity contribution is 0.322. The number of epoxide rings is 1. The van der Waals surface area contributed by atoms with Gasteiger partial charge >= 0.3 is 0 Å². The molecule has 22 heavy (non-hydrogen) atoms. The Labute approximate surface area is 131 Å². The monoisotopic (exact) mass is 298 g/mol. The summed E-state index contributed by atoms with van der Waals surface area (Å²) in [5.41, 5.74) is 3.03. The molecule has 2 aromatic carbocycles. The van der Waals surface area contributed by atoms with E-state index in [0.717, 1.165) is 24.0 Å². The second-order valence-electron chi connectivity index (χ2n) is 6.50. The van der Waals surface area contributed by atoms with Gasteiger partial charge in [-0.1, -0.05) is 30.3 Å². The lowest BCUT2D eigenvalue weighted by Crippen LogP contribution is -2.08. The summed E-state index contributed by atoms with van der Waals surface area (Å²) in [7, 11) is 0. The molecule has 0 aliphatic carbocycles. The van der Waals surface area contributed by atoms with E-state index in [4.69, 9.17) is 4.74 Å². The summed E-state index contributed by atoms with van der Waals surface area (Å²) < 4.78 is 5.64. The molecular weight excluding hydrogens is 276 g/mol. The van der Waals surface area contributed by atoms with Crippen LogP contribution in [-0.4, -0.2) is 21.9 Å². The Kier molecular flexibility index (Phi) is 3.83. The second-order valence-corrected chi connectivity index (χ2v) is 6.50. The maximum atomic E-state index is 10.2. The smallest absolute Gasteiger partial charge is 0.122 e. The van der Waals surface area contributed by atoms with Crippen LogP contribution in [-0.2, 0) is 24.0 Å². The molecule has 116 valence electrons. The fourth-order valence-corrected chi connectivity index (χ4v) is 2.89. The number of hydrogen-bond acceptors (Lipinski definition) is 3. The van der Waals surface area contributed by atoms with Crippen molar-refractivity contribution in [3.05, 3.63) is 59.2 Å². The molecule has 0 aromatic heterocycles. The van der Waals surface area contributed by atoms with E-state index in [1.54, 1.807) is 6.07 Å². The highest BCUT2D eigenvalue weighted by molar-refractivity contribution is 5.46. The van der Waals surface area contributed by atoms with Crippen molar-refractivity contribution in [2.45, 2.75) is 44.8 Å². The highest BCUT2D eigenvalue weighted by atomic mass is 16.6. The predicted molar refractivity (Wildman–Crippen MR) is 86.3 cm³/mol. The number of phenolic OH excluding ortho intramolecular Hbond substituents is 2. The number of rotatable bonds is 5. The zero-order valence-electron chi connectivity index (χ0n) is 13.0. The summed E-state index contributed by atoms with van der Waals surface area (Å²) in [6.07, 6.45) is 2.49. The highest BCUT2D eigenvalue weighted by Gasteiger charge is 2.47. The van der Waals surface area contributed by atoms with Crippen LogP contribution in [0.3, 0.4) is 0 Å². The van der Waals surface area contributed by atoms with Crippen LogP contribution in [0.5, 0.6) is 11.5 Å². The summed E-state index contributed by atoms with van der Waals surface area (Å²) in [6, 6.07) is 13.4. The molecule has 0 saturated carbocycles. The number of hydrogen-bond donors (Lipinski definition) is 2. The maximum Gasteiger partial charge on any atom is 0.122 e. The number of benzene rings is 2. The molecule has 1 aliphatic rings. The quantitative estimate of drug-likeness (QED) is 0.829. The van der Waals surface area contributed by atoms with Gasteiger partial charge in [0.05, 0.1) is 11.7 Å². The Hall–Kier alpha value is -2.00. The van der Waals surface area contributed by atoms with Gasteiger partial charge in [-0.3, -0.25) is 0 Å². The summed E-state index contributed by atoms with van der Waals surface area (Å²) in [4.78, 5) is 0. The average molecular weight is 298 g/mol. The molecule has 3 heteroatoms. The molecule has 1 fully saturated rings. The molecule has 1 aliphatic heterocycles. The van der Waals surface area contributed by atoms with Gasteiger partial charge in [-0.25, -0.2) is 0 Å². The lowest BCUT2D eigenvalue weighted by atomic mass is 9.93. The van der Waals surface area contributed by atoms with Crippen LogP contribution in [0.2, 0.25) is 0 Å². The van der Waals surface area contributed by atoms with Crippen molar-refractivity contribution < 1.29 is 14.9 Å². The third-order valence-corrected chi connectivity index (χ3v) is 4.38. The second kappa shape index (κ2) is 5.65. The molecule has 0 amide bonds. The molecule has 1 saturated heterocycles. The molecule has 2 N–H and O–H groups in total. The van der Waals surface area contributed by atoms with Gasteiger partial charge in [-0.05, 0) is 43.9 Å². The minimum Gasteiger partial charge on any atom is -0.508 e. The van der Waals surface area contributed by atoms with Gasteiger partial charge in [0, 0.05) is 18.1 Å². The first-order valence-electron chi connectivity index (χ1n) is 7.71. The van der Waals surface area contributed by atoms with Crippen molar-refractivity contribution in [3.8, 4) is 11.5 Å². The van der Waals surface area contributed by atoms with Crippen LogP contribution in [0.1, 0.15) is 30.5 Å². The van der Waals surface area contributed by atoms with Crippen LogP contribution in [0.15, 0.2) is 42.5 Å². The van der Waals surface area contributed by atoms with Crippen molar-refractivity contribution in [2.24, 2.45) is 0 Å². The fourth-order valence-electron chi connectivity index (χ4n) is 2.89. The van der Waals surface area contributed by atoms with Crippen LogP contribution in [0, 0.1) is 0 Å². The first kappa shape index (κ1) is 14.9. The number of aromatic hydroxyl groups is 2. The van der Waals surface area contributed by atoms with Crippen LogP contribution in [0.4, 0.5) is 0 Å². The average Bonchev–Trinajstić information content (AvgIpc) is 3.08. The lowest BCUT2D eigenvalue weighted by Gasteiger charge is -2.12. The molecule has 1 heterocycles. The van der Waals surface area contributed by atoms with Gasteiger partial charge in [0.1, 0.15) is 11.5 Å². The van der Waals surface area contributed by atoms with Crippen molar-refractivity contribution in [1.82, 2.24) is 0 Å². The van der Waals surface area contributed by atoms with Crippen molar-refractivity contribution in [2.75, 3.05) is 0 Å². The van der Waals surface area contributed by atoms with Gasteiger partial charge in [0.25, 0.3) is 0 Å². The van der Waals surface area contributed by atoms with E-state index in [1.165, 1.54) is 11.6 Å². The van der Waals surface area contributed by atoms with Gasteiger partial charge in [-0.2, -0.15) is 0 Å². The zero-order valence-corrected chi connectivity index (χ0v) is 13.0. The zero-order chi connectivity index (χ0) is 15.7. The van der Waals surface area contributed by atoms with Crippen molar-refractivity contribution >= 4 is 0 Å². The summed E-state index contributed by atoms with van der Waals surface area (Å²) in [6.45, 7) is 4.11. The van der Waals surface area contributed by atoms with Gasteiger partial charge in [0.2, 0.25) is 0 Å². The number of aryl methyl sites for hydroxylation is 2. The van der Waals surface area contributed by atoms with E-state index in [1.807, 2.05) is 18.2 Å². The standard InChI is InChI=1S/C19H22O3/c1-19(2)18(22-19)12-16-14(10-15(20)11-17(16)21)9-8-13-6-4-3-5-7-13/h3-7,10-11,18,20-21H,8-9,12H2,1-2H3/t18-/m0/s1. The molecule has 2 aromatic rings. The summed E-state index contributed by atoms with van der Waals surface area (Å²) in [5, 5.41) is 20.0. The Balaban J connectivity index is 1.79. The molecule has 1 atom stereocenters. The molecule has 3 rings (SSSR count). The topological polar surface area (TPSA) is 53.0 Å².